The zero-order valence-corrected chi connectivity index (χ0v) is 12.3. The van der Waals surface area contributed by atoms with Crippen LogP contribution in [-0.4, -0.2) is 6.17 Å². The van der Waals surface area contributed by atoms with Gasteiger partial charge in [0.25, 0.3) is 0 Å². The van der Waals surface area contributed by atoms with Crippen LogP contribution in [0.5, 0.6) is 0 Å². The molecular weight excluding hydrogens is 211 g/mol. The highest BCUT2D eigenvalue weighted by atomic mass is 19.1. The maximum atomic E-state index is 13.4. The summed E-state index contributed by atoms with van der Waals surface area (Å²) in [6.07, 6.45) is 12.8. The number of rotatable bonds is 12. The van der Waals surface area contributed by atoms with Crippen molar-refractivity contribution in [2.45, 2.75) is 97.6 Å². The van der Waals surface area contributed by atoms with Crippen LogP contribution >= 0.6 is 0 Å². The molecule has 0 aliphatic heterocycles. The van der Waals surface area contributed by atoms with E-state index in [1.165, 1.54) is 51.4 Å². The molecule has 0 nitrogen and oxygen atoms in total. The zero-order chi connectivity index (χ0) is 12.9. The summed E-state index contributed by atoms with van der Waals surface area (Å²) >= 11 is 0. The fourth-order valence-electron chi connectivity index (χ4n) is 2.31. The number of halogens is 1. The predicted molar refractivity (Wildman–Crippen MR) is 76.2 cm³/mol. The van der Waals surface area contributed by atoms with Gasteiger partial charge in [-0.1, -0.05) is 78.6 Å². The highest BCUT2D eigenvalue weighted by molar-refractivity contribution is 4.59. The van der Waals surface area contributed by atoms with Crippen LogP contribution in [0.25, 0.3) is 0 Å². The molecule has 1 heteroatoms. The van der Waals surface area contributed by atoms with Crippen molar-refractivity contribution in [3.05, 3.63) is 0 Å². The largest absolute Gasteiger partial charge is 0.247 e. The molecule has 0 bridgehead atoms. The first-order valence-corrected chi connectivity index (χ1v) is 7.80. The minimum Gasteiger partial charge on any atom is -0.247 e. The molecule has 0 aliphatic rings. The van der Waals surface area contributed by atoms with E-state index in [2.05, 4.69) is 20.8 Å². The van der Waals surface area contributed by atoms with Gasteiger partial charge in [-0.25, -0.2) is 4.39 Å². The third-order valence-electron chi connectivity index (χ3n) is 3.35. The highest BCUT2D eigenvalue weighted by Crippen LogP contribution is 2.16. The van der Waals surface area contributed by atoms with Crippen molar-refractivity contribution in [2.75, 3.05) is 0 Å². The molecule has 0 radical (unpaired) electrons. The quantitative estimate of drug-likeness (QED) is 0.354. The van der Waals surface area contributed by atoms with Crippen LogP contribution in [0.4, 0.5) is 4.39 Å². The van der Waals surface area contributed by atoms with Crippen LogP contribution in [0.15, 0.2) is 0 Å². The van der Waals surface area contributed by atoms with Crippen molar-refractivity contribution in [3.8, 4) is 0 Å². The molecule has 0 aromatic rings. The van der Waals surface area contributed by atoms with E-state index >= 15 is 0 Å². The molecule has 0 rings (SSSR count). The Hall–Kier alpha value is -0.0700. The van der Waals surface area contributed by atoms with E-state index in [4.69, 9.17) is 0 Å². The van der Waals surface area contributed by atoms with E-state index < -0.39 is 6.17 Å². The van der Waals surface area contributed by atoms with E-state index in [0.29, 0.717) is 5.92 Å². The van der Waals surface area contributed by atoms with Crippen LogP contribution in [0.3, 0.4) is 0 Å². The third-order valence-corrected chi connectivity index (χ3v) is 3.35. The number of hydrogen-bond acceptors (Lipinski definition) is 0. The van der Waals surface area contributed by atoms with Gasteiger partial charge in [0.2, 0.25) is 0 Å². The second-order valence-electron chi connectivity index (χ2n) is 5.84. The Morgan fingerprint density at radius 1 is 0.765 bits per heavy atom. The Kier molecular flexibility index (Phi) is 12.3. The molecular formula is C16H33F. The first-order valence-electron chi connectivity index (χ1n) is 7.80. The summed E-state index contributed by atoms with van der Waals surface area (Å²) < 4.78 is 13.4. The molecule has 0 saturated carbocycles. The molecule has 0 aromatic heterocycles. The van der Waals surface area contributed by atoms with Gasteiger partial charge in [0.05, 0.1) is 0 Å². The van der Waals surface area contributed by atoms with Gasteiger partial charge in [0.1, 0.15) is 6.17 Å². The smallest absolute Gasteiger partial charge is 0.100 e. The Morgan fingerprint density at radius 2 is 1.24 bits per heavy atom. The lowest BCUT2D eigenvalue weighted by Crippen LogP contribution is -2.04. The molecule has 1 unspecified atom stereocenters. The van der Waals surface area contributed by atoms with Crippen molar-refractivity contribution in [2.24, 2.45) is 5.92 Å². The van der Waals surface area contributed by atoms with Crippen LogP contribution < -0.4 is 0 Å². The summed E-state index contributed by atoms with van der Waals surface area (Å²) in [7, 11) is 0. The van der Waals surface area contributed by atoms with Crippen LogP contribution in [0.1, 0.15) is 91.4 Å². The summed E-state index contributed by atoms with van der Waals surface area (Å²) in [5.74, 6) is 0.503. The molecule has 1 atom stereocenters. The van der Waals surface area contributed by atoms with Crippen molar-refractivity contribution in [3.63, 3.8) is 0 Å². The van der Waals surface area contributed by atoms with Gasteiger partial charge < -0.3 is 0 Å². The minimum absolute atomic E-state index is 0.503. The average molecular weight is 244 g/mol. The van der Waals surface area contributed by atoms with E-state index in [-0.39, 0.29) is 0 Å². The maximum absolute atomic E-state index is 13.4. The Balaban J connectivity index is 3.07. The van der Waals surface area contributed by atoms with Crippen LogP contribution in [-0.2, 0) is 0 Å². The van der Waals surface area contributed by atoms with Crippen molar-refractivity contribution in [1.82, 2.24) is 0 Å². The third kappa shape index (κ3) is 13.9. The Bertz CT molecular complexity index is 142. The van der Waals surface area contributed by atoms with Crippen molar-refractivity contribution >= 4 is 0 Å². The average Bonchev–Trinajstić information content (AvgIpc) is 2.26. The molecule has 17 heavy (non-hydrogen) atoms. The summed E-state index contributed by atoms with van der Waals surface area (Å²) in [4.78, 5) is 0. The summed E-state index contributed by atoms with van der Waals surface area (Å²) in [5, 5.41) is 0. The second-order valence-corrected chi connectivity index (χ2v) is 5.84. The van der Waals surface area contributed by atoms with Gasteiger partial charge >= 0.3 is 0 Å². The summed E-state index contributed by atoms with van der Waals surface area (Å²) in [5.41, 5.74) is 0. The van der Waals surface area contributed by atoms with E-state index in [9.17, 15) is 4.39 Å². The van der Waals surface area contributed by atoms with Gasteiger partial charge in [0.15, 0.2) is 0 Å². The topological polar surface area (TPSA) is 0 Å². The van der Waals surface area contributed by atoms with Crippen LogP contribution in [0, 0.1) is 5.92 Å². The fraction of sp³-hybridized carbons (Fsp3) is 1.00. The van der Waals surface area contributed by atoms with Gasteiger partial charge in [-0.3, -0.25) is 0 Å². The zero-order valence-electron chi connectivity index (χ0n) is 12.3. The van der Waals surface area contributed by atoms with Crippen molar-refractivity contribution in [1.29, 1.82) is 0 Å². The van der Waals surface area contributed by atoms with Gasteiger partial charge in [-0.15, -0.1) is 0 Å². The lowest BCUT2D eigenvalue weighted by Gasteiger charge is -2.10. The minimum atomic E-state index is -0.556. The van der Waals surface area contributed by atoms with E-state index in [1.807, 2.05) is 0 Å². The Labute approximate surface area is 108 Å². The number of hydrogen-bond donors (Lipinski definition) is 0. The van der Waals surface area contributed by atoms with Crippen molar-refractivity contribution < 1.29 is 4.39 Å². The van der Waals surface area contributed by atoms with E-state index in [1.54, 1.807) is 0 Å². The molecule has 0 amide bonds. The molecule has 0 spiro atoms. The predicted octanol–water partition coefficient (Wildman–Crippen LogP) is 6.29. The fourth-order valence-corrected chi connectivity index (χ4v) is 2.31. The highest BCUT2D eigenvalue weighted by Gasteiger charge is 2.07. The van der Waals surface area contributed by atoms with E-state index in [0.717, 1.165) is 19.3 Å². The normalized spacial score (nSPS) is 13.2. The maximum Gasteiger partial charge on any atom is 0.100 e. The van der Waals surface area contributed by atoms with Gasteiger partial charge in [0, 0.05) is 0 Å². The number of unbranched alkanes of at least 4 members (excludes halogenated alkanes) is 8. The summed E-state index contributed by atoms with van der Waals surface area (Å²) in [6.45, 7) is 6.45. The van der Waals surface area contributed by atoms with Gasteiger partial charge in [-0.2, -0.15) is 0 Å². The monoisotopic (exact) mass is 244 g/mol. The molecule has 0 aliphatic carbocycles. The molecule has 104 valence electrons. The molecule has 0 N–H and O–H groups in total. The molecule has 0 aromatic carbocycles. The lowest BCUT2D eigenvalue weighted by molar-refractivity contribution is 0.260. The Morgan fingerprint density at radius 3 is 1.71 bits per heavy atom. The molecule has 0 saturated heterocycles. The second kappa shape index (κ2) is 12.4. The first-order chi connectivity index (χ1) is 8.16. The van der Waals surface area contributed by atoms with Gasteiger partial charge in [-0.05, 0) is 18.8 Å². The summed E-state index contributed by atoms with van der Waals surface area (Å²) in [6, 6.07) is 0. The standard InChI is InChI=1S/C16H33F/c1-4-5-6-7-8-9-10-11-12-13-16(17)14-15(2)3/h15-16H,4-14H2,1-3H3. The number of alkyl halides is 1. The molecule has 0 heterocycles. The molecule has 0 fully saturated rings. The SMILES string of the molecule is CCCCCCCCCCCC(F)CC(C)C. The lowest BCUT2D eigenvalue weighted by atomic mass is 10.0. The first kappa shape index (κ1) is 16.9. The van der Waals surface area contributed by atoms with Crippen LogP contribution in [0.2, 0.25) is 0 Å².